The molecule has 0 spiro atoms. The average molecular weight is 275 g/mol. The Kier molecular flexibility index (Phi) is 2.64. The topological polar surface area (TPSA) is 101 Å². The van der Waals surface area contributed by atoms with E-state index in [1.807, 2.05) is 0 Å². The maximum Gasteiger partial charge on any atom is 0.263 e. The maximum atomic E-state index is 12.2. The number of anilines is 1. The number of hydrogen-bond donors (Lipinski definition) is 2. The summed E-state index contributed by atoms with van der Waals surface area (Å²) in [5.74, 6) is 0.173. The van der Waals surface area contributed by atoms with Gasteiger partial charge in [-0.05, 0) is 12.1 Å². The van der Waals surface area contributed by atoms with E-state index in [-0.39, 0.29) is 10.7 Å². The van der Waals surface area contributed by atoms with Crippen LogP contribution in [0.5, 0.6) is 0 Å². The molecule has 0 aliphatic rings. The van der Waals surface area contributed by atoms with Gasteiger partial charge in [0.05, 0.1) is 11.2 Å². The molecular weight excluding hydrogens is 266 g/mol. The molecule has 0 amide bonds. The van der Waals surface area contributed by atoms with Crippen molar-refractivity contribution in [2.75, 3.05) is 4.72 Å². The predicted molar refractivity (Wildman–Crippen MR) is 68.9 cm³/mol. The van der Waals surface area contributed by atoms with Gasteiger partial charge in [-0.2, -0.15) is 0 Å². The van der Waals surface area contributed by atoms with Crippen LogP contribution in [0.4, 0.5) is 5.82 Å². The van der Waals surface area contributed by atoms with E-state index in [0.29, 0.717) is 11.2 Å². The Morgan fingerprint density at radius 3 is 2.63 bits per heavy atom. The molecule has 0 aliphatic heterocycles. The number of aromatic nitrogens is 4. The van der Waals surface area contributed by atoms with Crippen LogP contribution in [0.1, 0.15) is 0 Å². The Balaban J connectivity index is 2.04. The molecule has 0 aliphatic carbocycles. The smallest absolute Gasteiger partial charge is 0.263 e. The number of H-pyrrole nitrogens is 1. The number of aromatic amines is 1. The largest absolute Gasteiger partial charge is 0.340 e. The zero-order valence-electron chi connectivity index (χ0n) is 9.61. The lowest BCUT2D eigenvalue weighted by molar-refractivity contribution is 0.601. The second-order valence-corrected chi connectivity index (χ2v) is 5.42. The van der Waals surface area contributed by atoms with Crippen molar-refractivity contribution in [3.8, 4) is 0 Å². The lowest BCUT2D eigenvalue weighted by Crippen LogP contribution is -2.14. The van der Waals surface area contributed by atoms with Gasteiger partial charge in [0.25, 0.3) is 10.0 Å². The molecule has 0 fully saturated rings. The fraction of sp³-hybridized carbons (Fsp3) is 0. The van der Waals surface area contributed by atoms with E-state index in [9.17, 15) is 8.42 Å². The summed E-state index contributed by atoms with van der Waals surface area (Å²) in [5, 5.41) is 0. The fourth-order valence-corrected chi connectivity index (χ4v) is 2.67. The van der Waals surface area contributed by atoms with Gasteiger partial charge in [0.1, 0.15) is 11.8 Å². The van der Waals surface area contributed by atoms with Gasteiger partial charge in [0, 0.05) is 0 Å². The van der Waals surface area contributed by atoms with Crippen LogP contribution >= 0.6 is 0 Å². The van der Waals surface area contributed by atoms with Crippen molar-refractivity contribution in [2.45, 2.75) is 4.90 Å². The van der Waals surface area contributed by atoms with E-state index >= 15 is 0 Å². The number of nitrogens with zero attached hydrogens (tertiary/aromatic N) is 3. The second-order valence-electron chi connectivity index (χ2n) is 3.74. The van der Waals surface area contributed by atoms with Gasteiger partial charge >= 0.3 is 0 Å². The molecule has 2 N–H and O–H groups in total. The van der Waals surface area contributed by atoms with Gasteiger partial charge in [0.2, 0.25) is 0 Å². The molecule has 96 valence electrons. The molecule has 0 radical (unpaired) electrons. The van der Waals surface area contributed by atoms with E-state index in [0.717, 1.165) is 0 Å². The van der Waals surface area contributed by atoms with Gasteiger partial charge in [-0.1, -0.05) is 18.2 Å². The number of nitrogens with one attached hydrogen (secondary N) is 2. The highest BCUT2D eigenvalue weighted by molar-refractivity contribution is 7.92. The third-order valence-electron chi connectivity index (χ3n) is 2.51. The minimum Gasteiger partial charge on any atom is -0.340 e. The van der Waals surface area contributed by atoms with Crippen LogP contribution in [0.3, 0.4) is 0 Å². The molecule has 0 unspecified atom stereocenters. The highest BCUT2D eigenvalue weighted by Gasteiger charge is 2.16. The summed E-state index contributed by atoms with van der Waals surface area (Å²) in [6.45, 7) is 0. The van der Waals surface area contributed by atoms with Crippen LogP contribution in [-0.2, 0) is 10.0 Å². The van der Waals surface area contributed by atoms with Crippen molar-refractivity contribution >= 4 is 27.0 Å². The van der Waals surface area contributed by atoms with Crippen molar-refractivity contribution in [3.05, 3.63) is 43.0 Å². The van der Waals surface area contributed by atoms with Crippen LogP contribution in [0, 0.1) is 0 Å². The van der Waals surface area contributed by atoms with Crippen molar-refractivity contribution in [1.82, 2.24) is 19.9 Å². The summed E-state index contributed by atoms with van der Waals surface area (Å²) in [6.07, 6.45) is 2.69. The molecule has 0 atom stereocenters. The van der Waals surface area contributed by atoms with E-state index in [2.05, 4.69) is 24.7 Å². The quantitative estimate of drug-likeness (QED) is 0.746. The highest BCUT2D eigenvalue weighted by Crippen LogP contribution is 2.18. The SMILES string of the molecule is O=S(=O)(Nc1ncnc2nc[nH]c12)c1ccccc1. The Morgan fingerprint density at radius 2 is 1.84 bits per heavy atom. The summed E-state index contributed by atoms with van der Waals surface area (Å²) < 4.78 is 26.7. The summed E-state index contributed by atoms with van der Waals surface area (Å²) >= 11 is 0. The summed E-state index contributed by atoms with van der Waals surface area (Å²) in [7, 11) is -3.67. The minimum atomic E-state index is -3.67. The molecule has 1 aromatic carbocycles. The predicted octanol–water partition coefficient (Wildman–Crippen LogP) is 1.15. The van der Waals surface area contributed by atoms with Gasteiger partial charge in [-0.15, -0.1) is 0 Å². The first-order valence-electron chi connectivity index (χ1n) is 5.39. The molecule has 2 aromatic heterocycles. The first-order chi connectivity index (χ1) is 9.17. The Bertz CT molecular complexity index is 813. The maximum absolute atomic E-state index is 12.2. The third kappa shape index (κ3) is 2.13. The van der Waals surface area contributed by atoms with Gasteiger partial charge < -0.3 is 4.98 Å². The van der Waals surface area contributed by atoms with Crippen molar-refractivity contribution in [2.24, 2.45) is 0 Å². The van der Waals surface area contributed by atoms with Crippen LogP contribution in [0.2, 0.25) is 0 Å². The van der Waals surface area contributed by atoms with Crippen molar-refractivity contribution < 1.29 is 8.42 Å². The number of benzene rings is 1. The second kappa shape index (κ2) is 4.32. The first kappa shape index (κ1) is 11.6. The van der Waals surface area contributed by atoms with Crippen molar-refractivity contribution in [3.63, 3.8) is 0 Å². The van der Waals surface area contributed by atoms with Crippen LogP contribution in [0.25, 0.3) is 11.2 Å². The van der Waals surface area contributed by atoms with E-state index < -0.39 is 10.0 Å². The number of rotatable bonds is 3. The molecule has 3 rings (SSSR count). The van der Waals surface area contributed by atoms with Gasteiger partial charge in [0.15, 0.2) is 11.5 Å². The van der Waals surface area contributed by atoms with Crippen LogP contribution in [-0.4, -0.2) is 28.4 Å². The normalized spacial score (nSPS) is 11.6. The third-order valence-corrected chi connectivity index (χ3v) is 3.86. The zero-order chi connectivity index (χ0) is 13.3. The van der Waals surface area contributed by atoms with Gasteiger partial charge in [-0.25, -0.2) is 23.4 Å². The molecule has 7 nitrogen and oxygen atoms in total. The van der Waals surface area contributed by atoms with E-state index in [1.165, 1.54) is 24.8 Å². The zero-order valence-corrected chi connectivity index (χ0v) is 10.4. The minimum absolute atomic E-state index is 0.168. The molecule has 2 heterocycles. The number of fused-ring (bicyclic) bond motifs is 1. The lowest BCUT2D eigenvalue weighted by Gasteiger charge is -2.07. The summed E-state index contributed by atoms with van der Waals surface area (Å²) in [4.78, 5) is 14.7. The highest BCUT2D eigenvalue weighted by atomic mass is 32.2. The number of sulfonamides is 1. The number of imidazole rings is 1. The fourth-order valence-electron chi connectivity index (χ4n) is 1.63. The Morgan fingerprint density at radius 1 is 1.05 bits per heavy atom. The van der Waals surface area contributed by atoms with Crippen LogP contribution < -0.4 is 4.72 Å². The molecule has 0 bridgehead atoms. The van der Waals surface area contributed by atoms with E-state index in [4.69, 9.17) is 0 Å². The summed E-state index contributed by atoms with van der Waals surface area (Å²) in [5.41, 5.74) is 0.850. The molecular formula is C11H9N5O2S. The molecule has 0 saturated heterocycles. The lowest BCUT2D eigenvalue weighted by atomic mass is 10.4. The monoisotopic (exact) mass is 275 g/mol. The Hall–Kier alpha value is -2.48. The molecule has 8 heteroatoms. The average Bonchev–Trinajstić information content (AvgIpc) is 2.89. The van der Waals surface area contributed by atoms with Crippen LogP contribution in [0.15, 0.2) is 47.9 Å². The van der Waals surface area contributed by atoms with E-state index in [1.54, 1.807) is 18.2 Å². The summed E-state index contributed by atoms with van der Waals surface area (Å²) in [6, 6.07) is 8.07. The molecule has 19 heavy (non-hydrogen) atoms. The number of hydrogen-bond acceptors (Lipinski definition) is 5. The van der Waals surface area contributed by atoms with Gasteiger partial charge in [-0.3, -0.25) is 4.72 Å². The first-order valence-corrected chi connectivity index (χ1v) is 6.87. The van der Waals surface area contributed by atoms with Crippen molar-refractivity contribution in [1.29, 1.82) is 0 Å². The Labute approximate surface area is 108 Å². The molecule has 0 saturated carbocycles. The standard InChI is InChI=1S/C11H9N5O2S/c17-19(18,8-4-2-1-3-5-8)16-11-9-10(13-6-12-9)14-7-15-11/h1-7H,(H2,12,13,14,15,16). The molecule has 3 aromatic rings.